The molecule has 6 unspecified atom stereocenters. The van der Waals surface area contributed by atoms with Crippen LogP contribution in [0, 0.1) is 22.7 Å². The van der Waals surface area contributed by atoms with Gasteiger partial charge in [-0.25, -0.2) is 0 Å². The molecule has 0 bridgehead atoms. The van der Waals surface area contributed by atoms with Gasteiger partial charge in [0.15, 0.2) is 0 Å². The summed E-state index contributed by atoms with van der Waals surface area (Å²) in [5.41, 5.74) is 2.45. The SMILES string of the molecule is CN(C)CCC1(C)C=CC=CC1C(OC(c1ccccc1)C1C=CC=CC1(C)CCN(C)C)c1ccccc1. The van der Waals surface area contributed by atoms with Crippen LogP contribution in [0.5, 0.6) is 0 Å². The van der Waals surface area contributed by atoms with Gasteiger partial charge in [0, 0.05) is 11.8 Å². The number of rotatable bonds is 12. The van der Waals surface area contributed by atoms with Gasteiger partial charge in [-0.05, 0) is 76.1 Å². The highest BCUT2D eigenvalue weighted by molar-refractivity contribution is 5.30. The van der Waals surface area contributed by atoms with Crippen molar-refractivity contribution in [3.63, 3.8) is 0 Å². The first-order valence-electron chi connectivity index (χ1n) is 14.5. The number of allylic oxidation sites excluding steroid dienone is 6. The molecule has 6 atom stereocenters. The van der Waals surface area contributed by atoms with Crippen LogP contribution in [0.2, 0.25) is 0 Å². The van der Waals surface area contributed by atoms with Crippen LogP contribution in [0.25, 0.3) is 0 Å². The molecule has 0 spiro atoms. The zero-order valence-electron chi connectivity index (χ0n) is 24.8. The third-order valence-corrected chi connectivity index (χ3v) is 8.73. The summed E-state index contributed by atoms with van der Waals surface area (Å²) >= 11 is 0. The van der Waals surface area contributed by atoms with Crippen LogP contribution < -0.4 is 0 Å². The van der Waals surface area contributed by atoms with E-state index < -0.39 is 0 Å². The molecule has 0 radical (unpaired) electrons. The van der Waals surface area contributed by atoms with Crippen LogP contribution in [0.1, 0.15) is 50.0 Å². The van der Waals surface area contributed by atoms with E-state index in [0.717, 1.165) is 25.9 Å². The number of benzene rings is 2. The van der Waals surface area contributed by atoms with Gasteiger partial charge in [0.25, 0.3) is 0 Å². The van der Waals surface area contributed by atoms with E-state index in [1.54, 1.807) is 0 Å². The second-order valence-corrected chi connectivity index (χ2v) is 12.5. The number of hydrogen-bond donors (Lipinski definition) is 0. The number of hydrogen-bond acceptors (Lipinski definition) is 3. The van der Waals surface area contributed by atoms with Crippen molar-refractivity contribution in [1.82, 2.24) is 9.80 Å². The van der Waals surface area contributed by atoms with E-state index in [1.165, 1.54) is 11.1 Å². The first-order chi connectivity index (χ1) is 18.7. The topological polar surface area (TPSA) is 15.7 Å². The highest BCUT2D eigenvalue weighted by Gasteiger charge is 2.43. The lowest BCUT2D eigenvalue weighted by Crippen LogP contribution is -2.38. The Labute approximate surface area is 237 Å². The van der Waals surface area contributed by atoms with Crippen LogP contribution in [0.3, 0.4) is 0 Å². The molecule has 3 heteroatoms. The lowest BCUT2D eigenvalue weighted by Gasteiger charge is -2.45. The Bertz CT molecular complexity index is 1060. The van der Waals surface area contributed by atoms with E-state index in [0.29, 0.717) is 0 Å². The van der Waals surface area contributed by atoms with E-state index in [-0.39, 0.29) is 34.9 Å². The summed E-state index contributed by atoms with van der Waals surface area (Å²) in [7, 11) is 8.65. The zero-order chi connectivity index (χ0) is 27.9. The summed E-state index contributed by atoms with van der Waals surface area (Å²) in [5.74, 6) is 0.430. The van der Waals surface area contributed by atoms with E-state index in [4.69, 9.17) is 4.74 Å². The average molecular weight is 525 g/mol. The molecular weight excluding hydrogens is 476 g/mol. The molecule has 2 aromatic rings. The van der Waals surface area contributed by atoms with Crippen molar-refractivity contribution in [1.29, 1.82) is 0 Å². The molecule has 2 aliphatic rings. The first kappa shape index (κ1) is 29.3. The van der Waals surface area contributed by atoms with Gasteiger partial charge in [0.05, 0.1) is 12.2 Å². The maximum absolute atomic E-state index is 7.51. The lowest BCUT2D eigenvalue weighted by atomic mass is 9.67. The Morgan fingerprint density at radius 2 is 1.00 bits per heavy atom. The predicted octanol–water partition coefficient (Wildman–Crippen LogP) is 7.89. The fourth-order valence-electron chi connectivity index (χ4n) is 6.09. The maximum Gasteiger partial charge on any atom is 0.0904 e. The van der Waals surface area contributed by atoms with Gasteiger partial charge in [-0.3, -0.25) is 0 Å². The summed E-state index contributed by atoms with van der Waals surface area (Å²) in [6.45, 7) is 6.88. The van der Waals surface area contributed by atoms with Crippen molar-refractivity contribution in [3.8, 4) is 0 Å². The van der Waals surface area contributed by atoms with Crippen LogP contribution in [0.4, 0.5) is 0 Å². The normalized spacial score (nSPS) is 27.8. The van der Waals surface area contributed by atoms with Gasteiger partial charge in [0.1, 0.15) is 0 Å². The highest BCUT2D eigenvalue weighted by atomic mass is 16.5. The Kier molecular flexibility index (Phi) is 9.82. The Morgan fingerprint density at radius 1 is 0.615 bits per heavy atom. The van der Waals surface area contributed by atoms with Crippen LogP contribution in [-0.4, -0.2) is 51.1 Å². The zero-order valence-corrected chi connectivity index (χ0v) is 24.8. The van der Waals surface area contributed by atoms with Crippen molar-refractivity contribution < 1.29 is 4.74 Å². The van der Waals surface area contributed by atoms with E-state index in [9.17, 15) is 0 Å². The molecule has 0 fully saturated rings. The van der Waals surface area contributed by atoms with Gasteiger partial charge in [0.2, 0.25) is 0 Å². The molecule has 0 aliphatic heterocycles. The largest absolute Gasteiger partial charge is 0.364 e. The van der Waals surface area contributed by atoms with Crippen molar-refractivity contribution in [2.75, 3.05) is 41.3 Å². The van der Waals surface area contributed by atoms with Crippen molar-refractivity contribution in [3.05, 3.63) is 120 Å². The Morgan fingerprint density at radius 3 is 1.36 bits per heavy atom. The highest BCUT2D eigenvalue weighted by Crippen LogP contribution is 2.51. The molecule has 0 aromatic heterocycles. The Hall–Kier alpha value is -2.72. The fourth-order valence-corrected chi connectivity index (χ4v) is 6.09. The molecule has 0 saturated carbocycles. The second kappa shape index (κ2) is 13.1. The molecule has 0 N–H and O–H groups in total. The van der Waals surface area contributed by atoms with E-state index in [1.807, 2.05) is 0 Å². The lowest BCUT2D eigenvalue weighted by molar-refractivity contribution is -0.0921. The Balaban J connectivity index is 1.77. The predicted molar refractivity (Wildman–Crippen MR) is 166 cm³/mol. The van der Waals surface area contributed by atoms with Crippen molar-refractivity contribution >= 4 is 0 Å². The summed E-state index contributed by atoms with van der Waals surface area (Å²) < 4.78 is 7.51. The average Bonchev–Trinajstić information content (AvgIpc) is 2.94. The third kappa shape index (κ3) is 7.28. The summed E-state index contributed by atoms with van der Waals surface area (Å²) in [5, 5.41) is 0. The molecule has 0 saturated heterocycles. The van der Waals surface area contributed by atoms with Crippen LogP contribution in [0.15, 0.2) is 109 Å². The molecule has 208 valence electrons. The summed E-state index contributed by atoms with van der Waals surface area (Å²) in [6, 6.07) is 21.8. The van der Waals surface area contributed by atoms with Gasteiger partial charge < -0.3 is 14.5 Å². The van der Waals surface area contributed by atoms with Crippen molar-refractivity contribution in [2.24, 2.45) is 22.7 Å². The summed E-state index contributed by atoms with van der Waals surface area (Å²) in [4.78, 5) is 4.57. The number of nitrogens with zero attached hydrogens (tertiary/aromatic N) is 2. The number of ether oxygens (including phenoxy) is 1. The second-order valence-electron chi connectivity index (χ2n) is 12.5. The molecule has 0 amide bonds. The summed E-state index contributed by atoms with van der Waals surface area (Å²) in [6.07, 6.45) is 20.4. The molecular formula is C36H48N2O. The van der Waals surface area contributed by atoms with Gasteiger partial charge in [-0.2, -0.15) is 0 Å². The molecule has 2 aliphatic carbocycles. The monoisotopic (exact) mass is 524 g/mol. The first-order valence-corrected chi connectivity index (χ1v) is 14.5. The minimum absolute atomic E-state index is 0.0166. The van der Waals surface area contributed by atoms with E-state index >= 15 is 0 Å². The molecule has 39 heavy (non-hydrogen) atoms. The minimum Gasteiger partial charge on any atom is -0.364 e. The van der Waals surface area contributed by atoms with Crippen LogP contribution >= 0.6 is 0 Å². The molecule has 2 aromatic carbocycles. The molecule has 4 rings (SSSR count). The van der Waals surface area contributed by atoms with Gasteiger partial charge >= 0.3 is 0 Å². The van der Waals surface area contributed by atoms with Crippen molar-refractivity contribution in [2.45, 2.75) is 38.9 Å². The molecule has 0 heterocycles. The van der Waals surface area contributed by atoms with Gasteiger partial charge in [-0.15, -0.1) is 0 Å². The quantitative estimate of drug-likeness (QED) is 0.281. The molecule has 3 nitrogen and oxygen atoms in total. The third-order valence-electron chi connectivity index (χ3n) is 8.73. The minimum atomic E-state index is -0.0813. The fraction of sp³-hybridized carbons (Fsp3) is 0.444. The standard InChI is InChI=1S/C36H48N2O/c1-35(25-27-37(3)4)23-15-13-21-31(35)33(29-17-9-7-10-18-29)39-34(30-19-11-8-12-20-30)32-22-14-16-24-36(32,2)26-28-38(5)6/h7-24,31-34H,25-28H2,1-6H3. The van der Waals surface area contributed by atoms with E-state index in [2.05, 4.69) is 161 Å². The van der Waals surface area contributed by atoms with Crippen LogP contribution in [-0.2, 0) is 4.74 Å². The maximum atomic E-state index is 7.51. The smallest absolute Gasteiger partial charge is 0.0904 e. The van der Waals surface area contributed by atoms with Gasteiger partial charge in [-0.1, -0.05) is 123 Å².